The number of aliphatic hydroxyl groups is 1. The molecule has 1 heterocycles. The fourth-order valence-electron chi connectivity index (χ4n) is 3.06. The Morgan fingerprint density at radius 3 is 2.74 bits per heavy atom. The molecule has 7 nitrogen and oxygen atoms in total. The number of aliphatic hydroxyl groups excluding tert-OH is 1. The summed E-state index contributed by atoms with van der Waals surface area (Å²) in [5.74, 6) is 0.0527. The zero-order chi connectivity index (χ0) is 20.4. The summed E-state index contributed by atoms with van der Waals surface area (Å²) < 4.78 is 34.5. The molecule has 27 heavy (non-hydrogen) atoms. The number of carbonyl (C=O) groups is 1. The van der Waals surface area contributed by atoms with Crippen LogP contribution < -0.4 is 4.74 Å². The highest BCUT2D eigenvalue weighted by Crippen LogP contribution is 2.35. The molecular weight excluding hydrogens is 436 g/mol. The lowest BCUT2D eigenvalue weighted by molar-refractivity contribution is -0.131. The van der Waals surface area contributed by atoms with Gasteiger partial charge in [-0.25, -0.2) is 8.42 Å². The summed E-state index contributed by atoms with van der Waals surface area (Å²) in [6, 6.07) is 4.21. The van der Waals surface area contributed by atoms with Crippen molar-refractivity contribution in [2.24, 2.45) is 5.92 Å². The number of hydrogen-bond acceptors (Lipinski definition) is 5. The largest absolute Gasteiger partial charge is 0.487 e. The maximum Gasteiger partial charge on any atom is 0.247 e. The lowest BCUT2D eigenvalue weighted by atomic mass is 10.0. The summed E-state index contributed by atoms with van der Waals surface area (Å²) in [6.45, 7) is 5.62. The number of amides is 1. The average molecular weight is 463 g/mol. The van der Waals surface area contributed by atoms with Gasteiger partial charge in [-0.15, -0.1) is 0 Å². The fraction of sp³-hybridized carbons (Fsp3) is 0.611. The van der Waals surface area contributed by atoms with Gasteiger partial charge in [0, 0.05) is 36.4 Å². The van der Waals surface area contributed by atoms with E-state index in [1.807, 2.05) is 6.92 Å². The van der Waals surface area contributed by atoms with Gasteiger partial charge >= 0.3 is 0 Å². The van der Waals surface area contributed by atoms with E-state index >= 15 is 0 Å². The number of hydrogen-bond donors (Lipinski definition) is 1. The second-order valence-corrected chi connectivity index (χ2v) is 9.73. The molecule has 0 aliphatic carbocycles. The van der Waals surface area contributed by atoms with Gasteiger partial charge in [0.15, 0.2) is 0 Å². The van der Waals surface area contributed by atoms with Crippen molar-refractivity contribution in [1.29, 1.82) is 0 Å². The van der Waals surface area contributed by atoms with Crippen LogP contribution in [0.3, 0.4) is 0 Å². The summed E-state index contributed by atoms with van der Waals surface area (Å²) >= 11 is 3.36. The van der Waals surface area contributed by atoms with Gasteiger partial charge in [-0.3, -0.25) is 4.79 Å². The first-order valence-electron chi connectivity index (χ1n) is 8.94. The van der Waals surface area contributed by atoms with Gasteiger partial charge in [-0.1, -0.05) is 29.8 Å². The number of carbonyl (C=O) groups excluding carboxylic acids is 1. The van der Waals surface area contributed by atoms with E-state index in [0.717, 1.165) is 0 Å². The lowest BCUT2D eigenvalue weighted by Gasteiger charge is -2.37. The molecule has 0 aromatic heterocycles. The zero-order valence-corrected chi connectivity index (χ0v) is 18.5. The van der Waals surface area contributed by atoms with Crippen LogP contribution in [-0.4, -0.2) is 67.5 Å². The van der Waals surface area contributed by atoms with E-state index in [-0.39, 0.29) is 41.7 Å². The number of fused-ring (bicyclic) bond motifs is 1. The van der Waals surface area contributed by atoms with Crippen molar-refractivity contribution < 1.29 is 23.1 Å². The van der Waals surface area contributed by atoms with Crippen LogP contribution >= 0.6 is 15.9 Å². The van der Waals surface area contributed by atoms with Gasteiger partial charge in [0.05, 0.1) is 13.2 Å². The highest BCUT2D eigenvalue weighted by molar-refractivity contribution is 9.10. The van der Waals surface area contributed by atoms with E-state index in [4.69, 9.17) is 4.74 Å². The molecule has 0 saturated carbocycles. The second-order valence-electron chi connectivity index (χ2n) is 6.96. The number of sulfonamides is 1. The van der Waals surface area contributed by atoms with Crippen molar-refractivity contribution in [1.82, 2.24) is 9.21 Å². The minimum atomic E-state index is -3.83. The monoisotopic (exact) mass is 462 g/mol. The van der Waals surface area contributed by atoms with Crippen LogP contribution in [0.4, 0.5) is 0 Å². The molecule has 0 saturated heterocycles. The van der Waals surface area contributed by atoms with Crippen LogP contribution in [0.5, 0.6) is 5.75 Å². The van der Waals surface area contributed by atoms with Gasteiger partial charge in [0.1, 0.15) is 16.7 Å². The summed E-state index contributed by atoms with van der Waals surface area (Å²) in [4.78, 5) is 13.7. The number of halogens is 1. The third kappa shape index (κ3) is 4.82. The molecule has 9 heteroatoms. The molecule has 1 aromatic rings. The van der Waals surface area contributed by atoms with Crippen LogP contribution in [0.15, 0.2) is 27.6 Å². The van der Waals surface area contributed by atoms with E-state index in [1.165, 1.54) is 10.4 Å². The maximum absolute atomic E-state index is 13.2. The molecule has 1 amide bonds. The molecule has 1 aliphatic rings. The Hall–Kier alpha value is -1.16. The number of rotatable bonds is 5. The number of benzene rings is 1. The first kappa shape index (κ1) is 22.1. The Bertz CT molecular complexity index is 786. The van der Waals surface area contributed by atoms with Crippen LogP contribution in [0.2, 0.25) is 0 Å². The summed E-state index contributed by atoms with van der Waals surface area (Å²) in [7, 11) is -2.11. The maximum atomic E-state index is 13.2. The quantitative estimate of drug-likeness (QED) is 0.723. The number of ether oxygens (including phenoxy) is 1. The van der Waals surface area contributed by atoms with Gasteiger partial charge in [0.2, 0.25) is 15.9 Å². The Kier molecular flexibility index (Phi) is 7.29. The Morgan fingerprint density at radius 1 is 1.48 bits per heavy atom. The van der Waals surface area contributed by atoms with E-state index < -0.39 is 16.1 Å². The normalized spacial score (nSPS) is 23.5. The Balaban J connectivity index is 2.51. The van der Waals surface area contributed by atoms with Gasteiger partial charge in [0.25, 0.3) is 0 Å². The van der Waals surface area contributed by atoms with Crippen molar-refractivity contribution in [2.75, 3.05) is 26.7 Å². The van der Waals surface area contributed by atoms with Crippen molar-refractivity contribution in [3.8, 4) is 5.75 Å². The molecular formula is C18H27BrN2O5S. The highest BCUT2D eigenvalue weighted by Gasteiger charge is 2.38. The van der Waals surface area contributed by atoms with Crippen molar-refractivity contribution in [2.45, 2.75) is 44.2 Å². The van der Waals surface area contributed by atoms with Crippen LogP contribution in [0.25, 0.3) is 0 Å². The molecule has 0 unspecified atom stereocenters. The third-order valence-electron chi connectivity index (χ3n) is 4.81. The average Bonchev–Trinajstić information content (AvgIpc) is 2.62. The minimum Gasteiger partial charge on any atom is -0.487 e. The first-order chi connectivity index (χ1) is 12.6. The smallest absolute Gasteiger partial charge is 0.247 e. The summed E-state index contributed by atoms with van der Waals surface area (Å²) in [6.07, 6.45) is 0.00403. The Labute approximate surface area is 169 Å². The van der Waals surface area contributed by atoms with Crippen molar-refractivity contribution >= 4 is 31.9 Å². The fourth-order valence-corrected chi connectivity index (χ4v) is 5.22. The topological polar surface area (TPSA) is 87.2 Å². The molecule has 2 rings (SSSR count). The van der Waals surface area contributed by atoms with Gasteiger partial charge in [-0.05, 0) is 25.1 Å². The summed E-state index contributed by atoms with van der Waals surface area (Å²) in [5.41, 5.74) is 0. The van der Waals surface area contributed by atoms with Crippen molar-refractivity contribution in [3.05, 3.63) is 22.7 Å². The molecule has 1 N–H and O–H groups in total. The molecule has 0 fully saturated rings. The molecule has 152 valence electrons. The van der Waals surface area contributed by atoms with E-state index in [0.29, 0.717) is 17.4 Å². The molecule has 1 aromatic carbocycles. The standard InChI is InChI=1S/C18H27BrN2O5S/c1-5-18(23)20(4)10-16-12(2)9-21(13(3)11-22)27(24,25)17-7-6-14(19)8-15(17)26-16/h6-8,12-13,16,22H,5,9-11H2,1-4H3/t12-,13-,16-/m0/s1. The van der Waals surface area contributed by atoms with Crippen molar-refractivity contribution in [3.63, 3.8) is 0 Å². The SMILES string of the molecule is CCC(=O)N(C)C[C@@H]1Oc2cc(Br)ccc2S(=O)(=O)N([C@@H](C)CO)C[C@@H]1C. The van der Waals surface area contributed by atoms with E-state index in [1.54, 1.807) is 37.9 Å². The molecule has 0 radical (unpaired) electrons. The van der Waals surface area contributed by atoms with E-state index in [9.17, 15) is 18.3 Å². The van der Waals surface area contributed by atoms with Crippen LogP contribution in [0, 0.1) is 5.92 Å². The van der Waals surface area contributed by atoms with Crippen LogP contribution in [0.1, 0.15) is 27.2 Å². The predicted octanol–water partition coefficient (Wildman–Crippen LogP) is 2.09. The predicted molar refractivity (Wildman–Crippen MR) is 106 cm³/mol. The molecule has 0 spiro atoms. The molecule has 0 bridgehead atoms. The molecule has 1 aliphatic heterocycles. The number of likely N-dealkylation sites (N-methyl/N-ethyl adjacent to an activating group) is 1. The highest BCUT2D eigenvalue weighted by atomic mass is 79.9. The Morgan fingerprint density at radius 2 is 2.15 bits per heavy atom. The van der Waals surface area contributed by atoms with Gasteiger partial charge < -0.3 is 14.7 Å². The second kappa shape index (κ2) is 8.89. The lowest BCUT2D eigenvalue weighted by Crippen LogP contribution is -2.50. The third-order valence-corrected chi connectivity index (χ3v) is 7.32. The molecule has 3 atom stereocenters. The van der Waals surface area contributed by atoms with Crippen LogP contribution in [-0.2, 0) is 14.8 Å². The van der Waals surface area contributed by atoms with E-state index in [2.05, 4.69) is 15.9 Å². The van der Waals surface area contributed by atoms with Gasteiger partial charge in [-0.2, -0.15) is 4.31 Å². The zero-order valence-electron chi connectivity index (χ0n) is 16.1. The first-order valence-corrected chi connectivity index (χ1v) is 11.2. The minimum absolute atomic E-state index is 0.00414. The number of nitrogens with zero attached hydrogens (tertiary/aromatic N) is 2. The summed E-state index contributed by atoms with van der Waals surface area (Å²) in [5, 5.41) is 9.58.